The van der Waals surface area contributed by atoms with Gasteiger partial charge in [0.25, 0.3) is 0 Å². The van der Waals surface area contributed by atoms with Crippen LogP contribution in [0.3, 0.4) is 0 Å². The van der Waals surface area contributed by atoms with Crippen LogP contribution in [0.1, 0.15) is 44.9 Å². The molecule has 0 aromatic carbocycles. The first kappa shape index (κ1) is 10.4. The first-order valence-electron chi connectivity index (χ1n) is 6.10. The van der Waals surface area contributed by atoms with Gasteiger partial charge >= 0.3 is 0 Å². The Morgan fingerprint density at radius 2 is 1.79 bits per heavy atom. The normalized spacial score (nSPS) is 28.1. The lowest BCUT2D eigenvalue weighted by molar-refractivity contribution is -0.0688. The Labute approximate surface area is 87.4 Å². The summed E-state index contributed by atoms with van der Waals surface area (Å²) in [7, 11) is 1.87. The zero-order valence-electron chi connectivity index (χ0n) is 9.35. The molecule has 0 atom stereocenters. The monoisotopic (exact) mass is 197 g/mol. The highest BCUT2D eigenvalue weighted by Gasteiger charge is 2.38. The maximum atomic E-state index is 5.65. The molecule has 2 fully saturated rings. The van der Waals surface area contributed by atoms with Crippen molar-refractivity contribution in [3.05, 3.63) is 0 Å². The van der Waals surface area contributed by atoms with Crippen molar-refractivity contribution in [3.63, 3.8) is 0 Å². The van der Waals surface area contributed by atoms with Gasteiger partial charge in [-0.3, -0.25) is 0 Å². The molecule has 1 N–H and O–H groups in total. The first-order chi connectivity index (χ1) is 6.85. The maximum Gasteiger partial charge on any atom is 0.0928 e. The van der Waals surface area contributed by atoms with Crippen molar-refractivity contribution < 1.29 is 4.74 Å². The van der Waals surface area contributed by atoms with Crippen molar-refractivity contribution in [2.45, 2.75) is 50.5 Å². The quantitative estimate of drug-likeness (QED) is 0.701. The van der Waals surface area contributed by atoms with Crippen LogP contribution in [-0.4, -0.2) is 25.8 Å². The van der Waals surface area contributed by atoms with Crippen LogP contribution in [-0.2, 0) is 4.74 Å². The molecular formula is C12H23NO. The zero-order valence-corrected chi connectivity index (χ0v) is 9.35. The smallest absolute Gasteiger partial charge is 0.0928 e. The fraction of sp³-hybridized carbons (Fsp3) is 1.00. The molecule has 1 saturated carbocycles. The third-order valence-corrected chi connectivity index (χ3v) is 3.96. The Morgan fingerprint density at radius 3 is 2.21 bits per heavy atom. The van der Waals surface area contributed by atoms with E-state index in [9.17, 15) is 0 Å². The van der Waals surface area contributed by atoms with Crippen molar-refractivity contribution in [3.8, 4) is 0 Å². The van der Waals surface area contributed by atoms with Gasteiger partial charge in [0.05, 0.1) is 5.60 Å². The predicted molar refractivity (Wildman–Crippen MR) is 58.4 cm³/mol. The summed E-state index contributed by atoms with van der Waals surface area (Å²) in [6.07, 6.45) is 9.95. The van der Waals surface area contributed by atoms with Gasteiger partial charge in [-0.1, -0.05) is 38.5 Å². The summed E-state index contributed by atoms with van der Waals surface area (Å²) in [5.41, 5.74) is 0.203. The van der Waals surface area contributed by atoms with Crippen LogP contribution < -0.4 is 5.32 Å². The number of methoxy groups -OCH3 is 1. The summed E-state index contributed by atoms with van der Waals surface area (Å²) < 4.78 is 5.65. The summed E-state index contributed by atoms with van der Waals surface area (Å²) in [5, 5.41) is 3.33. The zero-order chi connectivity index (χ0) is 9.86. The Morgan fingerprint density at radius 1 is 1.14 bits per heavy atom. The maximum absolute atomic E-state index is 5.65. The van der Waals surface area contributed by atoms with E-state index in [1.54, 1.807) is 0 Å². The molecule has 1 saturated heterocycles. The Balaban J connectivity index is 1.82. The largest absolute Gasteiger partial charge is 0.376 e. The van der Waals surface area contributed by atoms with Crippen LogP contribution >= 0.6 is 0 Å². The average molecular weight is 197 g/mol. The molecule has 2 aliphatic rings. The van der Waals surface area contributed by atoms with E-state index < -0.39 is 0 Å². The standard InChI is InChI=1S/C12H23NO/c1-14-12(9-13-10-12)8-11-6-4-2-3-5-7-11/h11,13H,2-10H2,1H3. The topological polar surface area (TPSA) is 21.3 Å². The van der Waals surface area contributed by atoms with Crippen LogP contribution in [0.5, 0.6) is 0 Å². The number of ether oxygens (including phenoxy) is 1. The number of hydrogen-bond acceptors (Lipinski definition) is 2. The van der Waals surface area contributed by atoms with Crippen molar-refractivity contribution >= 4 is 0 Å². The van der Waals surface area contributed by atoms with Crippen LogP contribution in [0, 0.1) is 5.92 Å². The van der Waals surface area contributed by atoms with Crippen molar-refractivity contribution in [1.29, 1.82) is 0 Å². The van der Waals surface area contributed by atoms with Gasteiger partial charge in [0, 0.05) is 20.2 Å². The highest BCUT2D eigenvalue weighted by molar-refractivity contribution is 4.95. The van der Waals surface area contributed by atoms with Gasteiger partial charge in [0.1, 0.15) is 0 Å². The molecule has 0 aromatic heterocycles. The van der Waals surface area contributed by atoms with Gasteiger partial charge in [0.2, 0.25) is 0 Å². The van der Waals surface area contributed by atoms with Crippen LogP contribution in [0.15, 0.2) is 0 Å². The van der Waals surface area contributed by atoms with Gasteiger partial charge in [-0.05, 0) is 12.3 Å². The van der Waals surface area contributed by atoms with E-state index in [1.807, 2.05) is 7.11 Å². The number of rotatable bonds is 3. The second-order valence-corrected chi connectivity index (χ2v) is 5.05. The SMILES string of the molecule is COC1(CC2CCCCCC2)CNC1. The van der Waals surface area contributed by atoms with E-state index in [4.69, 9.17) is 4.74 Å². The minimum Gasteiger partial charge on any atom is -0.376 e. The lowest BCUT2D eigenvalue weighted by Gasteiger charge is -2.43. The first-order valence-corrected chi connectivity index (χ1v) is 6.10. The molecule has 0 spiro atoms. The molecule has 1 aliphatic carbocycles. The van der Waals surface area contributed by atoms with Gasteiger partial charge in [-0.25, -0.2) is 0 Å². The van der Waals surface area contributed by atoms with E-state index in [1.165, 1.54) is 44.9 Å². The van der Waals surface area contributed by atoms with Gasteiger partial charge in [-0.15, -0.1) is 0 Å². The minimum atomic E-state index is 0.203. The van der Waals surface area contributed by atoms with Crippen LogP contribution in [0.4, 0.5) is 0 Å². The lowest BCUT2D eigenvalue weighted by atomic mass is 9.82. The lowest BCUT2D eigenvalue weighted by Crippen LogP contribution is -2.61. The molecule has 0 amide bonds. The third-order valence-electron chi connectivity index (χ3n) is 3.96. The molecule has 2 heteroatoms. The van der Waals surface area contributed by atoms with Crippen LogP contribution in [0.25, 0.3) is 0 Å². The molecule has 0 bridgehead atoms. The number of nitrogens with one attached hydrogen (secondary N) is 1. The predicted octanol–water partition coefficient (Wildman–Crippen LogP) is 2.34. The molecule has 0 aromatic rings. The van der Waals surface area contributed by atoms with Crippen LogP contribution in [0.2, 0.25) is 0 Å². The van der Waals surface area contributed by atoms with E-state index >= 15 is 0 Å². The molecule has 82 valence electrons. The fourth-order valence-corrected chi connectivity index (χ4v) is 2.87. The van der Waals surface area contributed by atoms with Crippen molar-refractivity contribution in [2.24, 2.45) is 5.92 Å². The van der Waals surface area contributed by atoms with E-state index in [-0.39, 0.29) is 5.60 Å². The minimum absolute atomic E-state index is 0.203. The Kier molecular flexibility index (Phi) is 3.45. The average Bonchev–Trinajstić information content (AvgIpc) is 2.39. The third kappa shape index (κ3) is 2.29. The summed E-state index contributed by atoms with van der Waals surface area (Å²) in [6, 6.07) is 0. The number of hydrogen-bond donors (Lipinski definition) is 1. The summed E-state index contributed by atoms with van der Waals surface area (Å²) in [6.45, 7) is 2.14. The molecule has 14 heavy (non-hydrogen) atoms. The van der Waals surface area contributed by atoms with Crippen molar-refractivity contribution in [2.75, 3.05) is 20.2 Å². The van der Waals surface area contributed by atoms with E-state index in [2.05, 4.69) is 5.32 Å². The molecular weight excluding hydrogens is 174 g/mol. The second kappa shape index (κ2) is 4.63. The van der Waals surface area contributed by atoms with Crippen molar-refractivity contribution in [1.82, 2.24) is 5.32 Å². The highest BCUT2D eigenvalue weighted by atomic mass is 16.5. The summed E-state index contributed by atoms with van der Waals surface area (Å²) in [5.74, 6) is 0.930. The summed E-state index contributed by atoms with van der Waals surface area (Å²) >= 11 is 0. The Bertz CT molecular complexity index is 164. The van der Waals surface area contributed by atoms with E-state index in [0.29, 0.717) is 0 Å². The van der Waals surface area contributed by atoms with Gasteiger partial charge in [-0.2, -0.15) is 0 Å². The fourth-order valence-electron chi connectivity index (χ4n) is 2.87. The summed E-state index contributed by atoms with van der Waals surface area (Å²) in [4.78, 5) is 0. The molecule has 1 aliphatic heterocycles. The van der Waals surface area contributed by atoms with Gasteiger partial charge in [0.15, 0.2) is 0 Å². The highest BCUT2D eigenvalue weighted by Crippen LogP contribution is 2.32. The molecule has 2 nitrogen and oxygen atoms in total. The van der Waals surface area contributed by atoms with Gasteiger partial charge < -0.3 is 10.1 Å². The molecule has 2 rings (SSSR count). The molecule has 0 unspecified atom stereocenters. The molecule has 1 heterocycles. The van der Waals surface area contributed by atoms with E-state index in [0.717, 1.165) is 19.0 Å². The Hall–Kier alpha value is -0.0800. The second-order valence-electron chi connectivity index (χ2n) is 5.05. The molecule has 0 radical (unpaired) electrons.